The first kappa shape index (κ1) is 20.9. The first-order valence-corrected chi connectivity index (χ1v) is 11.4. The van der Waals surface area contributed by atoms with E-state index >= 15 is 0 Å². The lowest BCUT2D eigenvalue weighted by molar-refractivity contribution is 1.31. The quantitative estimate of drug-likeness (QED) is 0.281. The molecule has 0 N–H and O–H groups in total. The van der Waals surface area contributed by atoms with E-state index in [2.05, 4.69) is 130 Å². The Morgan fingerprint density at radius 2 is 0.758 bits per heavy atom. The van der Waals surface area contributed by atoms with Crippen molar-refractivity contribution >= 4 is 0 Å². The molecule has 0 aliphatic carbocycles. The molecule has 33 heavy (non-hydrogen) atoms. The zero-order valence-electron chi connectivity index (χ0n) is 19.3. The normalized spacial score (nSPS) is 10.9. The van der Waals surface area contributed by atoms with Crippen LogP contribution in [0.3, 0.4) is 0 Å². The Bertz CT molecular complexity index is 1360. The van der Waals surface area contributed by atoms with Crippen molar-refractivity contribution in [2.75, 3.05) is 0 Å². The van der Waals surface area contributed by atoms with E-state index in [-0.39, 0.29) is 0 Å². The molecule has 1 nitrogen and oxygen atoms in total. The van der Waals surface area contributed by atoms with Gasteiger partial charge in [0.1, 0.15) is 0 Å². The van der Waals surface area contributed by atoms with Crippen molar-refractivity contribution in [2.45, 2.75) is 20.8 Å². The summed E-state index contributed by atoms with van der Waals surface area (Å²) in [7, 11) is 0. The van der Waals surface area contributed by atoms with Gasteiger partial charge in [-0.15, -0.1) is 0 Å². The molecule has 0 aliphatic heterocycles. The number of rotatable bonds is 4. The van der Waals surface area contributed by atoms with Gasteiger partial charge in [-0.25, -0.2) is 4.98 Å². The van der Waals surface area contributed by atoms with Crippen LogP contribution in [0.25, 0.3) is 44.8 Å². The van der Waals surface area contributed by atoms with E-state index < -0.39 is 0 Å². The summed E-state index contributed by atoms with van der Waals surface area (Å²) in [5, 5.41) is 0. The van der Waals surface area contributed by atoms with Crippen LogP contribution < -0.4 is 0 Å². The highest BCUT2D eigenvalue weighted by Gasteiger charge is 2.10. The summed E-state index contributed by atoms with van der Waals surface area (Å²) in [6.07, 6.45) is 0. The van der Waals surface area contributed by atoms with Gasteiger partial charge in [0, 0.05) is 11.1 Å². The molecule has 1 heteroatoms. The Kier molecular flexibility index (Phi) is 5.62. The van der Waals surface area contributed by atoms with Crippen LogP contribution in [-0.4, -0.2) is 4.98 Å². The monoisotopic (exact) mass is 425 g/mol. The number of hydrogen-bond acceptors (Lipinski definition) is 1. The van der Waals surface area contributed by atoms with Crippen molar-refractivity contribution in [1.82, 2.24) is 4.98 Å². The Balaban J connectivity index is 1.62. The van der Waals surface area contributed by atoms with Crippen molar-refractivity contribution in [3.05, 3.63) is 126 Å². The van der Waals surface area contributed by atoms with Crippen molar-refractivity contribution in [3.8, 4) is 44.8 Å². The molecule has 0 bridgehead atoms. The highest BCUT2D eigenvalue weighted by Crippen LogP contribution is 2.32. The van der Waals surface area contributed by atoms with E-state index in [0.29, 0.717) is 0 Å². The van der Waals surface area contributed by atoms with Gasteiger partial charge < -0.3 is 0 Å². The zero-order valence-corrected chi connectivity index (χ0v) is 19.3. The maximum atomic E-state index is 5.06. The third-order valence-corrected chi connectivity index (χ3v) is 6.02. The van der Waals surface area contributed by atoms with E-state index in [4.69, 9.17) is 4.98 Å². The molecule has 0 saturated heterocycles. The van der Waals surface area contributed by atoms with Crippen molar-refractivity contribution in [2.24, 2.45) is 0 Å². The van der Waals surface area contributed by atoms with E-state index in [1.54, 1.807) is 0 Å². The fourth-order valence-electron chi connectivity index (χ4n) is 4.28. The molecule has 5 aromatic rings. The molecule has 1 aromatic heterocycles. The number of nitrogens with zero attached hydrogens (tertiary/aromatic N) is 1. The van der Waals surface area contributed by atoms with Crippen LogP contribution in [0.15, 0.2) is 109 Å². The average molecular weight is 426 g/mol. The minimum absolute atomic E-state index is 0.996. The highest BCUT2D eigenvalue weighted by molar-refractivity contribution is 5.78. The molecule has 5 rings (SSSR count). The largest absolute Gasteiger partial charge is 0.248 e. The smallest absolute Gasteiger partial charge is 0.0715 e. The minimum Gasteiger partial charge on any atom is -0.248 e. The molecule has 0 atom stereocenters. The predicted octanol–water partition coefficient (Wildman–Crippen LogP) is 8.67. The second-order valence-electron chi connectivity index (χ2n) is 8.81. The zero-order chi connectivity index (χ0) is 22.8. The van der Waals surface area contributed by atoms with Gasteiger partial charge in [0.05, 0.1) is 11.4 Å². The molecule has 0 unspecified atom stereocenters. The van der Waals surface area contributed by atoms with Crippen LogP contribution in [-0.2, 0) is 0 Å². The predicted molar refractivity (Wildman–Crippen MR) is 140 cm³/mol. The number of aromatic nitrogens is 1. The van der Waals surface area contributed by atoms with Gasteiger partial charge in [0.15, 0.2) is 0 Å². The lowest BCUT2D eigenvalue weighted by Gasteiger charge is -2.12. The molecule has 160 valence electrons. The molecule has 1 heterocycles. The summed E-state index contributed by atoms with van der Waals surface area (Å²) in [5.41, 5.74) is 12.9. The third-order valence-electron chi connectivity index (χ3n) is 6.02. The number of pyridine rings is 1. The fourth-order valence-corrected chi connectivity index (χ4v) is 4.28. The Morgan fingerprint density at radius 3 is 1.21 bits per heavy atom. The number of hydrogen-bond donors (Lipinski definition) is 0. The number of aryl methyl sites for hydroxylation is 3. The van der Waals surface area contributed by atoms with Crippen molar-refractivity contribution in [3.63, 3.8) is 0 Å². The summed E-state index contributed by atoms with van der Waals surface area (Å²) < 4.78 is 0. The molecular formula is C32H27N. The van der Waals surface area contributed by atoms with E-state index in [1.165, 1.54) is 38.9 Å². The van der Waals surface area contributed by atoms with Crippen LogP contribution in [0.5, 0.6) is 0 Å². The van der Waals surface area contributed by atoms with Crippen LogP contribution in [0.2, 0.25) is 0 Å². The fraction of sp³-hybridized carbons (Fsp3) is 0.0938. The van der Waals surface area contributed by atoms with E-state index in [1.807, 2.05) is 0 Å². The van der Waals surface area contributed by atoms with Gasteiger partial charge in [-0.3, -0.25) is 0 Å². The van der Waals surface area contributed by atoms with Gasteiger partial charge in [-0.1, -0.05) is 102 Å². The van der Waals surface area contributed by atoms with Crippen LogP contribution >= 0.6 is 0 Å². The molecule has 0 fully saturated rings. The first-order valence-electron chi connectivity index (χ1n) is 11.4. The van der Waals surface area contributed by atoms with E-state index in [0.717, 1.165) is 22.5 Å². The third kappa shape index (κ3) is 4.63. The Morgan fingerprint density at radius 1 is 0.364 bits per heavy atom. The topological polar surface area (TPSA) is 12.9 Å². The summed E-state index contributed by atoms with van der Waals surface area (Å²) in [6.45, 7) is 6.38. The van der Waals surface area contributed by atoms with Crippen molar-refractivity contribution in [1.29, 1.82) is 0 Å². The van der Waals surface area contributed by atoms with Gasteiger partial charge >= 0.3 is 0 Å². The molecule has 0 spiro atoms. The number of benzene rings is 4. The van der Waals surface area contributed by atoms with Crippen LogP contribution in [0, 0.1) is 20.8 Å². The lowest BCUT2D eigenvalue weighted by Crippen LogP contribution is -1.92. The van der Waals surface area contributed by atoms with Crippen molar-refractivity contribution < 1.29 is 0 Å². The second kappa shape index (κ2) is 8.88. The maximum absolute atomic E-state index is 5.06. The van der Waals surface area contributed by atoms with Gasteiger partial charge in [0.2, 0.25) is 0 Å². The summed E-state index contributed by atoms with van der Waals surface area (Å²) in [4.78, 5) is 5.06. The van der Waals surface area contributed by atoms with Gasteiger partial charge in [0.25, 0.3) is 0 Å². The summed E-state index contributed by atoms with van der Waals surface area (Å²) in [5.74, 6) is 0. The molecule has 0 amide bonds. The minimum atomic E-state index is 0.996. The molecule has 0 saturated carbocycles. The lowest BCUT2D eigenvalue weighted by atomic mass is 9.97. The van der Waals surface area contributed by atoms with Crippen LogP contribution in [0.4, 0.5) is 0 Å². The Hall–Kier alpha value is -3.97. The summed E-state index contributed by atoms with van der Waals surface area (Å²) >= 11 is 0. The van der Waals surface area contributed by atoms with E-state index in [9.17, 15) is 0 Å². The molecular weight excluding hydrogens is 398 g/mol. The standard InChI is InChI=1S/C32H27N/c1-22-7-4-10-27(17-22)25-13-15-26(16-14-25)30-20-31(28-11-5-8-23(2)18-28)33-32(21-30)29-12-6-9-24(3)19-29/h4-21H,1-3H3. The molecule has 0 radical (unpaired) electrons. The van der Waals surface area contributed by atoms with Crippen LogP contribution in [0.1, 0.15) is 16.7 Å². The molecule has 0 aliphatic rings. The second-order valence-corrected chi connectivity index (χ2v) is 8.81. The Labute approximate surface area is 196 Å². The van der Waals surface area contributed by atoms with Gasteiger partial charge in [-0.2, -0.15) is 0 Å². The average Bonchev–Trinajstić information content (AvgIpc) is 2.84. The SMILES string of the molecule is Cc1cccc(-c2ccc(-c3cc(-c4cccc(C)c4)nc(-c4cccc(C)c4)c3)cc2)c1. The highest BCUT2D eigenvalue weighted by atomic mass is 14.7. The first-order chi connectivity index (χ1) is 16.0. The van der Waals surface area contributed by atoms with Gasteiger partial charge in [-0.05, 0) is 67.3 Å². The maximum Gasteiger partial charge on any atom is 0.0715 e. The summed E-state index contributed by atoms with van der Waals surface area (Å²) in [6, 6.07) is 39.0. The molecule has 4 aromatic carbocycles.